The Morgan fingerprint density at radius 1 is 1.40 bits per heavy atom. The first-order chi connectivity index (χ1) is 9.23. The molecule has 0 radical (unpaired) electrons. The van der Waals surface area contributed by atoms with Crippen LogP contribution in [-0.4, -0.2) is 27.2 Å². The van der Waals surface area contributed by atoms with E-state index < -0.39 is 26.3 Å². The summed E-state index contributed by atoms with van der Waals surface area (Å²) in [6, 6.07) is 2.23. The van der Waals surface area contributed by atoms with E-state index in [1.807, 2.05) is 0 Å². The number of sulfonamides is 1. The molecular formula is C12H16ClFN2O3S. The summed E-state index contributed by atoms with van der Waals surface area (Å²) in [5.74, 6) is -0.988. The summed E-state index contributed by atoms with van der Waals surface area (Å²) < 4.78 is 46.3. The number of halogens is 2. The summed E-state index contributed by atoms with van der Waals surface area (Å²) in [7, 11) is -4.04. The third-order valence-electron chi connectivity index (χ3n) is 3.30. The van der Waals surface area contributed by atoms with Crippen LogP contribution in [0.15, 0.2) is 17.0 Å². The number of anilines is 1. The lowest BCUT2D eigenvalue weighted by Crippen LogP contribution is -2.49. The van der Waals surface area contributed by atoms with Crippen LogP contribution in [0.1, 0.15) is 19.8 Å². The van der Waals surface area contributed by atoms with Crippen molar-refractivity contribution in [3.05, 3.63) is 23.0 Å². The third-order valence-corrected chi connectivity index (χ3v) is 5.15. The molecule has 0 atom stereocenters. The number of benzene rings is 1. The lowest BCUT2D eigenvalue weighted by molar-refractivity contribution is 0.0537. The molecule has 0 spiro atoms. The van der Waals surface area contributed by atoms with Crippen molar-refractivity contribution in [3.63, 3.8) is 0 Å². The zero-order valence-corrected chi connectivity index (χ0v) is 12.5. The molecule has 0 aliphatic carbocycles. The molecular weight excluding hydrogens is 307 g/mol. The SMILES string of the molecule is CC1(NS(=O)(=O)c2cc(Cl)cc(N)c2F)CCOCC1. The van der Waals surface area contributed by atoms with Crippen LogP contribution in [0, 0.1) is 5.82 Å². The van der Waals surface area contributed by atoms with Gasteiger partial charge in [-0.05, 0) is 31.9 Å². The van der Waals surface area contributed by atoms with Gasteiger partial charge in [-0.25, -0.2) is 17.5 Å². The van der Waals surface area contributed by atoms with Crippen molar-refractivity contribution in [1.82, 2.24) is 4.72 Å². The van der Waals surface area contributed by atoms with E-state index in [4.69, 9.17) is 22.1 Å². The fourth-order valence-corrected chi connectivity index (χ4v) is 3.97. The summed E-state index contributed by atoms with van der Waals surface area (Å²) in [6.07, 6.45) is 1.04. The Morgan fingerprint density at radius 2 is 2.00 bits per heavy atom. The monoisotopic (exact) mass is 322 g/mol. The molecule has 0 bridgehead atoms. The number of rotatable bonds is 3. The molecule has 20 heavy (non-hydrogen) atoms. The minimum atomic E-state index is -4.04. The van der Waals surface area contributed by atoms with E-state index in [2.05, 4.69) is 4.72 Å². The van der Waals surface area contributed by atoms with Crippen LogP contribution in [-0.2, 0) is 14.8 Å². The average molecular weight is 323 g/mol. The van der Waals surface area contributed by atoms with Gasteiger partial charge in [-0.3, -0.25) is 0 Å². The van der Waals surface area contributed by atoms with E-state index in [0.29, 0.717) is 26.1 Å². The standard InChI is InChI=1S/C12H16ClFN2O3S/c1-12(2-4-19-5-3-12)16-20(17,18)10-7-8(13)6-9(15)11(10)14/h6-7,16H,2-5,15H2,1H3. The molecule has 0 amide bonds. The van der Waals surface area contributed by atoms with Crippen LogP contribution in [0.2, 0.25) is 5.02 Å². The Balaban J connectivity index is 2.36. The van der Waals surface area contributed by atoms with Gasteiger partial charge in [-0.15, -0.1) is 0 Å². The quantitative estimate of drug-likeness (QED) is 0.833. The van der Waals surface area contributed by atoms with E-state index in [1.165, 1.54) is 6.07 Å². The number of ether oxygens (including phenoxy) is 1. The van der Waals surface area contributed by atoms with E-state index in [9.17, 15) is 12.8 Å². The van der Waals surface area contributed by atoms with Gasteiger partial charge in [-0.2, -0.15) is 0 Å². The number of hydrogen-bond donors (Lipinski definition) is 2. The number of nitrogens with two attached hydrogens (primary N) is 1. The summed E-state index contributed by atoms with van der Waals surface area (Å²) >= 11 is 5.75. The molecule has 3 N–H and O–H groups in total. The van der Waals surface area contributed by atoms with Crippen LogP contribution in [0.4, 0.5) is 10.1 Å². The largest absolute Gasteiger partial charge is 0.396 e. The molecule has 0 saturated carbocycles. The molecule has 1 aliphatic heterocycles. The van der Waals surface area contributed by atoms with Gasteiger partial charge in [0.1, 0.15) is 4.90 Å². The Bertz CT molecular complexity index is 615. The first-order valence-electron chi connectivity index (χ1n) is 6.10. The first-order valence-corrected chi connectivity index (χ1v) is 7.96. The molecule has 112 valence electrons. The number of nitrogens with one attached hydrogen (secondary N) is 1. The summed E-state index contributed by atoms with van der Waals surface area (Å²) in [5, 5.41) is 0.0707. The summed E-state index contributed by atoms with van der Waals surface area (Å²) in [4.78, 5) is -0.532. The Morgan fingerprint density at radius 3 is 2.60 bits per heavy atom. The molecule has 1 aromatic rings. The van der Waals surface area contributed by atoms with Gasteiger partial charge in [0, 0.05) is 23.8 Å². The Kier molecular flexibility index (Phi) is 4.24. The molecule has 5 nitrogen and oxygen atoms in total. The second-order valence-electron chi connectivity index (χ2n) is 5.09. The smallest absolute Gasteiger partial charge is 0.244 e. The molecule has 1 heterocycles. The zero-order valence-electron chi connectivity index (χ0n) is 10.9. The van der Waals surface area contributed by atoms with Crippen molar-refractivity contribution >= 4 is 27.3 Å². The van der Waals surface area contributed by atoms with E-state index >= 15 is 0 Å². The molecule has 8 heteroatoms. The van der Waals surface area contributed by atoms with E-state index in [1.54, 1.807) is 6.92 Å². The molecule has 0 aromatic heterocycles. The minimum Gasteiger partial charge on any atom is -0.396 e. The zero-order chi connectivity index (χ0) is 15.0. The fourth-order valence-electron chi connectivity index (χ4n) is 2.08. The highest BCUT2D eigenvalue weighted by Crippen LogP contribution is 2.28. The first kappa shape index (κ1) is 15.5. The lowest BCUT2D eigenvalue weighted by Gasteiger charge is -2.34. The molecule has 1 fully saturated rings. The van der Waals surface area contributed by atoms with Gasteiger partial charge in [-0.1, -0.05) is 11.6 Å². The molecule has 0 unspecified atom stereocenters. The predicted molar refractivity (Wildman–Crippen MR) is 74.6 cm³/mol. The van der Waals surface area contributed by atoms with Crippen molar-refractivity contribution in [2.24, 2.45) is 0 Å². The van der Waals surface area contributed by atoms with Crippen LogP contribution in [0.5, 0.6) is 0 Å². The molecule has 1 saturated heterocycles. The highest BCUT2D eigenvalue weighted by molar-refractivity contribution is 7.89. The third kappa shape index (κ3) is 3.22. The van der Waals surface area contributed by atoms with Crippen molar-refractivity contribution in [3.8, 4) is 0 Å². The van der Waals surface area contributed by atoms with Gasteiger partial charge < -0.3 is 10.5 Å². The Labute approximate surface area is 122 Å². The molecule has 2 rings (SSSR count). The second kappa shape index (κ2) is 5.48. The van der Waals surface area contributed by atoms with Gasteiger partial charge in [0.25, 0.3) is 0 Å². The average Bonchev–Trinajstić information content (AvgIpc) is 2.33. The van der Waals surface area contributed by atoms with Crippen molar-refractivity contribution in [2.75, 3.05) is 18.9 Å². The topological polar surface area (TPSA) is 81.4 Å². The number of nitrogen functional groups attached to an aromatic ring is 1. The highest BCUT2D eigenvalue weighted by atomic mass is 35.5. The highest BCUT2D eigenvalue weighted by Gasteiger charge is 2.34. The predicted octanol–water partition coefficient (Wildman–Crippen LogP) is 1.91. The van der Waals surface area contributed by atoms with Gasteiger partial charge in [0.05, 0.1) is 5.69 Å². The molecule has 1 aliphatic rings. The van der Waals surface area contributed by atoms with E-state index in [-0.39, 0.29) is 10.7 Å². The maximum atomic E-state index is 13.9. The fraction of sp³-hybridized carbons (Fsp3) is 0.500. The van der Waals surface area contributed by atoms with Crippen LogP contribution in [0.25, 0.3) is 0 Å². The van der Waals surface area contributed by atoms with Crippen LogP contribution >= 0.6 is 11.6 Å². The van der Waals surface area contributed by atoms with Crippen LogP contribution in [0.3, 0.4) is 0 Å². The normalized spacial score (nSPS) is 18.9. The van der Waals surface area contributed by atoms with Gasteiger partial charge in [0.2, 0.25) is 10.0 Å². The lowest BCUT2D eigenvalue weighted by atomic mass is 9.94. The number of hydrogen-bond acceptors (Lipinski definition) is 4. The maximum absolute atomic E-state index is 13.9. The van der Waals surface area contributed by atoms with Crippen molar-refractivity contribution < 1.29 is 17.5 Å². The van der Waals surface area contributed by atoms with E-state index in [0.717, 1.165) is 6.07 Å². The summed E-state index contributed by atoms with van der Waals surface area (Å²) in [6.45, 7) is 2.68. The minimum absolute atomic E-state index is 0.0707. The van der Waals surface area contributed by atoms with Crippen LogP contribution < -0.4 is 10.5 Å². The van der Waals surface area contributed by atoms with Gasteiger partial charge >= 0.3 is 0 Å². The second-order valence-corrected chi connectivity index (χ2v) is 7.17. The maximum Gasteiger partial charge on any atom is 0.244 e. The Hall–Kier alpha value is -0.890. The van der Waals surface area contributed by atoms with Crippen molar-refractivity contribution in [2.45, 2.75) is 30.2 Å². The van der Waals surface area contributed by atoms with Gasteiger partial charge in [0.15, 0.2) is 5.82 Å². The van der Waals surface area contributed by atoms with Crippen molar-refractivity contribution in [1.29, 1.82) is 0 Å². The summed E-state index contributed by atoms with van der Waals surface area (Å²) in [5.41, 5.74) is 4.45. The molecule has 1 aromatic carbocycles.